The first-order valence-corrected chi connectivity index (χ1v) is 6.80. The SMILES string of the molecule is O=C(C(=O)N1CCCCC1C(=O)O)C1CCCCO1. The van der Waals surface area contributed by atoms with Crippen LogP contribution in [0.5, 0.6) is 0 Å². The van der Waals surface area contributed by atoms with Gasteiger partial charge in [-0.25, -0.2) is 4.79 Å². The van der Waals surface area contributed by atoms with Gasteiger partial charge in [-0.1, -0.05) is 0 Å². The third-order valence-electron chi connectivity index (χ3n) is 3.73. The van der Waals surface area contributed by atoms with E-state index in [0.29, 0.717) is 26.0 Å². The number of carboxylic acid groups (broad SMARTS) is 1. The van der Waals surface area contributed by atoms with Crippen LogP contribution in [0.25, 0.3) is 0 Å². The summed E-state index contributed by atoms with van der Waals surface area (Å²) in [6.45, 7) is 0.834. The zero-order valence-corrected chi connectivity index (χ0v) is 10.8. The Morgan fingerprint density at radius 2 is 1.79 bits per heavy atom. The highest BCUT2D eigenvalue weighted by atomic mass is 16.5. The largest absolute Gasteiger partial charge is 0.480 e. The molecule has 2 fully saturated rings. The first-order valence-electron chi connectivity index (χ1n) is 6.80. The fourth-order valence-electron chi connectivity index (χ4n) is 2.66. The Balaban J connectivity index is 2.03. The van der Waals surface area contributed by atoms with Crippen molar-refractivity contribution in [2.75, 3.05) is 13.2 Å². The average molecular weight is 269 g/mol. The summed E-state index contributed by atoms with van der Waals surface area (Å²) in [6, 6.07) is -0.867. The molecule has 0 radical (unpaired) electrons. The minimum absolute atomic E-state index is 0.342. The molecule has 2 rings (SSSR count). The summed E-state index contributed by atoms with van der Waals surface area (Å²) in [7, 11) is 0. The van der Waals surface area contributed by atoms with Crippen LogP contribution >= 0.6 is 0 Å². The molecule has 2 aliphatic rings. The van der Waals surface area contributed by atoms with Gasteiger partial charge >= 0.3 is 5.97 Å². The van der Waals surface area contributed by atoms with Crippen LogP contribution in [0.4, 0.5) is 0 Å². The molecule has 1 N–H and O–H groups in total. The number of rotatable bonds is 3. The first kappa shape index (κ1) is 14.0. The third-order valence-corrected chi connectivity index (χ3v) is 3.73. The Morgan fingerprint density at radius 1 is 1.05 bits per heavy atom. The van der Waals surface area contributed by atoms with E-state index in [4.69, 9.17) is 9.84 Å². The van der Waals surface area contributed by atoms with Gasteiger partial charge in [0.25, 0.3) is 5.91 Å². The maximum atomic E-state index is 12.1. The summed E-state index contributed by atoms with van der Waals surface area (Å²) in [5, 5.41) is 9.11. The van der Waals surface area contributed by atoms with Crippen molar-refractivity contribution in [1.82, 2.24) is 4.90 Å². The average Bonchev–Trinajstić information content (AvgIpc) is 2.46. The maximum Gasteiger partial charge on any atom is 0.326 e. The summed E-state index contributed by atoms with van der Waals surface area (Å²) in [5.74, 6) is -2.32. The van der Waals surface area contributed by atoms with Crippen molar-refractivity contribution in [1.29, 1.82) is 0 Å². The molecule has 0 bridgehead atoms. The van der Waals surface area contributed by atoms with Gasteiger partial charge in [0.1, 0.15) is 12.1 Å². The molecule has 0 aliphatic carbocycles. The molecule has 19 heavy (non-hydrogen) atoms. The maximum absolute atomic E-state index is 12.1. The smallest absolute Gasteiger partial charge is 0.326 e. The number of amides is 1. The molecule has 0 aromatic heterocycles. The van der Waals surface area contributed by atoms with E-state index in [0.717, 1.165) is 25.7 Å². The minimum atomic E-state index is -1.04. The predicted molar refractivity (Wildman–Crippen MR) is 65.6 cm³/mol. The molecule has 2 saturated heterocycles. The standard InChI is InChI=1S/C13H19NO5/c15-11(10-6-2-4-8-19-10)12(16)14-7-3-1-5-9(14)13(17)18/h9-10H,1-8H2,(H,17,18). The second kappa shape index (κ2) is 6.14. The molecular formula is C13H19NO5. The number of piperidine rings is 1. The van der Waals surface area contributed by atoms with E-state index >= 15 is 0 Å². The van der Waals surface area contributed by atoms with Crippen LogP contribution in [0.2, 0.25) is 0 Å². The second-order valence-electron chi connectivity index (χ2n) is 5.07. The van der Waals surface area contributed by atoms with Gasteiger partial charge in [0.05, 0.1) is 0 Å². The van der Waals surface area contributed by atoms with Gasteiger partial charge in [-0.2, -0.15) is 0 Å². The number of carbonyl (C=O) groups excluding carboxylic acids is 2. The predicted octanol–water partition coefficient (Wildman–Crippen LogP) is 0.590. The van der Waals surface area contributed by atoms with E-state index in [1.54, 1.807) is 0 Å². The number of carbonyl (C=O) groups is 3. The van der Waals surface area contributed by atoms with Crippen molar-refractivity contribution in [3.63, 3.8) is 0 Å². The summed E-state index contributed by atoms with van der Waals surface area (Å²) >= 11 is 0. The number of likely N-dealkylation sites (tertiary alicyclic amines) is 1. The van der Waals surface area contributed by atoms with Crippen LogP contribution < -0.4 is 0 Å². The van der Waals surface area contributed by atoms with Crippen LogP contribution in [0.15, 0.2) is 0 Å². The molecule has 0 aromatic rings. The van der Waals surface area contributed by atoms with Crippen molar-refractivity contribution >= 4 is 17.7 Å². The second-order valence-corrected chi connectivity index (χ2v) is 5.07. The molecule has 2 aliphatic heterocycles. The Kier molecular flexibility index (Phi) is 4.52. The van der Waals surface area contributed by atoms with Gasteiger partial charge in [-0.3, -0.25) is 9.59 Å². The summed E-state index contributed by atoms with van der Waals surface area (Å²) < 4.78 is 5.30. The molecule has 106 valence electrons. The Bertz CT molecular complexity index is 375. The quantitative estimate of drug-likeness (QED) is 0.758. The molecular weight excluding hydrogens is 250 g/mol. The highest BCUT2D eigenvalue weighted by Gasteiger charge is 2.38. The molecule has 2 atom stereocenters. The monoisotopic (exact) mass is 269 g/mol. The molecule has 2 heterocycles. The third kappa shape index (κ3) is 3.12. The molecule has 6 nitrogen and oxygen atoms in total. The number of Topliss-reactive ketones (excluding diaryl/α,β-unsaturated/α-hetero) is 1. The van der Waals surface area contributed by atoms with Gasteiger partial charge in [0.15, 0.2) is 0 Å². The lowest BCUT2D eigenvalue weighted by Gasteiger charge is -2.33. The van der Waals surface area contributed by atoms with Gasteiger partial charge in [0, 0.05) is 13.2 Å². The van der Waals surface area contributed by atoms with E-state index in [1.807, 2.05) is 0 Å². The van der Waals surface area contributed by atoms with Crippen molar-refractivity contribution in [2.24, 2.45) is 0 Å². The highest BCUT2D eigenvalue weighted by molar-refractivity contribution is 6.38. The number of ether oxygens (including phenoxy) is 1. The van der Waals surface area contributed by atoms with Crippen LogP contribution in [-0.4, -0.2) is 53.0 Å². The lowest BCUT2D eigenvalue weighted by Crippen LogP contribution is -2.52. The zero-order chi connectivity index (χ0) is 13.8. The van der Waals surface area contributed by atoms with Gasteiger partial charge < -0.3 is 14.7 Å². The summed E-state index contributed by atoms with van der Waals surface area (Å²) in [4.78, 5) is 36.5. The number of ketones is 1. The van der Waals surface area contributed by atoms with Crippen molar-refractivity contribution in [3.05, 3.63) is 0 Å². The van der Waals surface area contributed by atoms with E-state index in [-0.39, 0.29) is 0 Å². The van der Waals surface area contributed by atoms with E-state index in [1.165, 1.54) is 4.90 Å². The fourth-order valence-corrected chi connectivity index (χ4v) is 2.66. The molecule has 0 spiro atoms. The van der Waals surface area contributed by atoms with Gasteiger partial charge in [-0.05, 0) is 38.5 Å². The molecule has 0 aromatic carbocycles. The van der Waals surface area contributed by atoms with E-state index < -0.39 is 29.8 Å². The van der Waals surface area contributed by atoms with Gasteiger partial charge in [0.2, 0.25) is 5.78 Å². The van der Waals surface area contributed by atoms with E-state index in [2.05, 4.69) is 0 Å². The van der Waals surface area contributed by atoms with Crippen molar-refractivity contribution < 1.29 is 24.2 Å². The lowest BCUT2D eigenvalue weighted by molar-refractivity contribution is -0.159. The number of aliphatic carboxylic acids is 1. The Labute approximate surface area is 111 Å². The first-order chi connectivity index (χ1) is 9.11. The number of hydrogen-bond acceptors (Lipinski definition) is 4. The van der Waals surface area contributed by atoms with Crippen LogP contribution in [0, 0.1) is 0 Å². The molecule has 6 heteroatoms. The number of hydrogen-bond donors (Lipinski definition) is 1. The number of nitrogens with zero attached hydrogens (tertiary/aromatic N) is 1. The molecule has 1 amide bonds. The fraction of sp³-hybridized carbons (Fsp3) is 0.769. The number of carboxylic acids is 1. The van der Waals surface area contributed by atoms with Crippen LogP contribution in [-0.2, 0) is 19.1 Å². The normalized spacial score (nSPS) is 27.9. The van der Waals surface area contributed by atoms with Crippen molar-refractivity contribution in [2.45, 2.75) is 50.7 Å². The molecule has 0 saturated carbocycles. The highest BCUT2D eigenvalue weighted by Crippen LogP contribution is 2.20. The Hall–Kier alpha value is -1.43. The van der Waals surface area contributed by atoms with Crippen molar-refractivity contribution in [3.8, 4) is 0 Å². The van der Waals surface area contributed by atoms with Crippen LogP contribution in [0.3, 0.4) is 0 Å². The summed E-state index contributed by atoms with van der Waals surface area (Å²) in [6.07, 6.45) is 3.57. The topological polar surface area (TPSA) is 83.9 Å². The lowest BCUT2D eigenvalue weighted by atomic mass is 9.99. The van der Waals surface area contributed by atoms with Gasteiger partial charge in [-0.15, -0.1) is 0 Å². The van der Waals surface area contributed by atoms with Crippen LogP contribution in [0.1, 0.15) is 38.5 Å². The minimum Gasteiger partial charge on any atom is -0.480 e. The van der Waals surface area contributed by atoms with E-state index in [9.17, 15) is 14.4 Å². The zero-order valence-electron chi connectivity index (χ0n) is 10.8. The molecule has 2 unspecified atom stereocenters. The summed E-state index contributed by atoms with van der Waals surface area (Å²) in [5.41, 5.74) is 0. The Morgan fingerprint density at radius 3 is 2.42 bits per heavy atom.